The summed E-state index contributed by atoms with van der Waals surface area (Å²) < 4.78 is 2.29. The first kappa shape index (κ1) is 18.6. The normalized spacial score (nSPS) is 16.5. The minimum Gasteiger partial charge on any atom is -0.323 e. The fourth-order valence-electron chi connectivity index (χ4n) is 4.67. The number of aryl methyl sites for hydroxylation is 2. The van der Waals surface area contributed by atoms with Crippen molar-refractivity contribution in [1.29, 1.82) is 0 Å². The third kappa shape index (κ3) is 3.18. The molecule has 1 fully saturated rings. The second-order valence-electron chi connectivity index (χ2n) is 8.18. The van der Waals surface area contributed by atoms with Gasteiger partial charge >= 0.3 is 0 Å². The molecule has 0 saturated carbocycles. The number of amides is 1. The molecule has 0 spiro atoms. The largest absolute Gasteiger partial charge is 0.323 e. The molecule has 1 saturated heterocycles. The van der Waals surface area contributed by atoms with E-state index in [1.54, 1.807) is 0 Å². The molecule has 0 N–H and O–H groups in total. The maximum absolute atomic E-state index is 13.0. The molecule has 1 amide bonds. The van der Waals surface area contributed by atoms with Crippen LogP contribution in [-0.4, -0.2) is 22.0 Å². The highest BCUT2D eigenvalue weighted by Gasteiger charge is 2.35. The van der Waals surface area contributed by atoms with E-state index in [4.69, 9.17) is 4.98 Å². The van der Waals surface area contributed by atoms with Gasteiger partial charge in [-0.2, -0.15) is 0 Å². The summed E-state index contributed by atoms with van der Waals surface area (Å²) in [6.07, 6.45) is 0.492. The Morgan fingerprint density at radius 1 is 0.900 bits per heavy atom. The summed E-state index contributed by atoms with van der Waals surface area (Å²) in [5.41, 5.74) is 6.67. The molecule has 3 aromatic carbocycles. The van der Waals surface area contributed by atoms with Gasteiger partial charge in [-0.25, -0.2) is 4.98 Å². The van der Waals surface area contributed by atoms with Gasteiger partial charge in [-0.05, 0) is 42.7 Å². The molecule has 1 atom stereocenters. The van der Waals surface area contributed by atoms with E-state index < -0.39 is 0 Å². The zero-order chi connectivity index (χ0) is 20.7. The highest BCUT2D eigenvalue weighted by Crippen LogP contribution is 2.36. The number of fused-ring (bicyclic) bond motifs is 1. The topological polar surface area (TPSA) is 38.1 Å². The average molecular weight is 396 g/mol. The monoisotopic (exact) mass is 395 g/mol. The van der Waals surface area contributed by atoms with Crippen molar-refractivity contribution in [1.82, 2.24) is 9.55 Å². The van der Waals surface area contributed by atoms with Crippen molar-refractivity contribution >= 4 is 22.6 Å². The fourth-order valence-corrected chi connectivity index (χ4v) is 4.67. The van der Waals surface area contributed by atoms with Gasteiger partial charge in [0, 0.05) is 31.1 Å². The standard InChI is InChI=1S/C26H25N3O/c1-18-9-8-10-19(2)25(18)29-17-21(15-24(29)30)26-27-22-13-6-7-14-23(22)28(26)16-20-11-4-3-5-12-20/h3-14,21H,15-17H2,1-2H3. The van der Waals surface area contributed by atoms with Gasteiger partial charge in [-0.15, -0.1) is 0 Å². The molecule has 150 valence electrons. The second kappa shape index (κ2) is 7.45. The number of carbonyl (C=O) groups excluding carboxylic acids is 1. The first-order chi connectivity index (χ1) is 14.6. The predicted octanol–water partition coefficient (Wildman–Crippen LogP) is 5.22. The van der Waals surface area contributed by atoms with E-state index in [1.165, 1.54) is 5.56 Å². The lowest BCUT2D eigenvalue weighted by Crippen LogP contribution is -2.26. The Morgan fingerprint density at radius 2 is 1.60 bits per heavy atom. The van der Waals surface area contributed by atoms with Gasteiger partial charge in [0.05, 0.1) is 11.0 Å². The fraction of sp³-hybridized carbons (Fsp3) is 0.231. The van der Waals surface area contributed by atoms with Crippen LogP contribution >= 0.6 is 0 Å². The molecule has 1 aliphatic heterocycles. The summed E-state index contributed by atoms with van der Waals surface area (Å²) in [4.78, 5) is 20.0. The quantitative estimate of drug-likeness (QED) is 0.475. The highest BCUT2D eigenvalue weighted by molar-refractivity contribution is 5.98. The van der Waals surface area contributed by atoms with E-state index in [0.29, 0.717) is 13.0 Å². The molecule has 0 bridgehead atoms. The molecule has 0 aliphatic carbocycles. The highest BCUT2D eigenvalue weighted by atomic mass is 16.2. The Morgan fingerprint density at radius 3 is 2.37 bits per heavy atom. The van der Waals surface area contributed by atoms with Crippen molar-refractivity contribution in [3.63, 3.8) is 0 Å². The number of imidazole rings is 1. The van der Waals surface area contributed by atoms with Gasteiger partial charge in [0.25, 0.3) is 0 Å². The minimum atomic E-state index is 0.0765. The van der Waals surface area contributed by atoms with Crippen LogP contribution in [0.25, 0.3) is 11.0 Å². The van der Waals surface area contributed by atoms with Gasteiger partial charge in [-0.1, -0.05) is 60.7 Å². The molecule has 5 rings (SSSR count). The predicted molar refractivity (Wildman–Crippen MR) is 121 cm³/mol. The molecule has 2 heterocycles. The van der Waals surface area contributed by atoms with Crippen LogP contribution in [0.2, 0.25) is 0 Å². The van der Waals surface area contributed by atoms with E-state index >= 15 is 0 Å². The number of carbonyl (C=O) groups is 1. The van der Waals surface area contributed by atoms with E-state index in [9.17, 15) is 4.79 Å². The van der Waals surface area contributed by atoms with Crippen molar-refractivity contribution in [3.8, 4) is 0 Å². The lowest BCUT2D eigenvalue weighted by molar-refractivity contribution is -0.117. The number of nitrogens with zero attached hydrogens (tertiary/aromatic N) is 3. The molecule has 0 radical (unpaired) electrons. The molecule has 30 heavy (non-hydrogen) atoms. The Hall–Kier alpha value is -3.40. The molecule has 4 aromatic rings. The van der Waals surface area contributed by atoms with Crippen molar-refractivity contribution < 1.29 is 4.79 Å². The van der Waals surface area contributed by atoms with Crippen LogP contribution in [0.3, 0.4) is 0 Å². The SMILES string of the molecule is Cc1cccc(C)c1N1CC(c2nc3ccccc3n2Cc2ccccc2)CC1=O. The molecule has 1 aromatic heterocycles. The number of benzene rings is 3. The first-order valence-corrected chi connectivity index (χ1v) is 10.5. The Labute approximate surface area is 176 Å². The Kier molecular flexibility index (Phi) is 4.62. The second-order valence-corrected chi connectivity index (χ2v) is 8.18. The van der Waals surface area contributed by atoms with Gasteiger partial charge in [-0.3, -0.25) is 4.79 Å². The van der Waals surface area contributed by atoms with Crippen LogP contribution in [0.1, 0.15) is 34.9 Å². The van der Waals surface area contributed by atoms with E-state index in [0.717, 1.165) is 40.2 Å². The molecular weight excluding hydrogens is 370 g/mol. The number of anilines is 1. The smallest absolute Gasteiger partial charge is 0.227 e. The minimum absolute atomic E-state index is 0.0765. The van der Waals surface area contributed by atoms with E-state index in [2.05, 4.69) is 73.0 Å². The van der Waals surface area contributed by atoms with Crippen molar-refractivity contribution in [2.24, 2.45) is 0 Å². The number of hydrogen-bond acceptors (Lipinski definition) is 2. The number of aromatic nitrogens is 2. The third-order valence-electron chi connectivity index (χ3n) is 6.07. The van der Waals surface area contributed by atoms with E-state index in [-0.39, 0.29) is 11.8 Å². The molecule has 4 nitrogen and oxygen atoms in total. The zero-order valence-corrected chi connectivity index (χ0v) is 17.4. The van der Waals surface area contributed by atoms with Gasteiger partial charge < -0.3 is 9.47 Å². The van der Waals surface area contributed by atoms with Gasteiger partial charge in [0.15, 0.2) is 0 Å². The van der Waals surface area contributed by atoms with Crippen LogP contribution in [0.15, 0.2) is 72.8 Å². The lowest BCUT2D eigenvalue weighted by Gasteiger charge is -2.21. The van der Waals surface area contributed by atoms with Crippen molar-refractivity contribution in [3.05, 3.63) is 95.3 Å². The van der Waals surface area contributed by atoms with Crippen molar-refractivity contribution in [2.75, 3.05) is 11.4 Å². The van der Waals surface area contributed by atoms with Crippen LogP contribution < -0.4 is 4.90 Å². The summed E-state index contributed by atoms with van der Waals surface area (Å²) in [5.74, 6) is 1.26. The number of para-hydroxylation sites is 3. The average Bonchev–Trinajstić information content (AvgIpc) is 3.30. The summed E-state index contributed by atoms with van der Waals surface area (Å²) in [5, 5.41) is 0. The van der Waals surface area contributed by atoms with Gasteiger partial charge in [0.1, 0.15) is 5.82 Å². The summed E-state index contributed by atoms with van der Waals surface area (Å²) in [6, 6.07) is 24.9. The molecule has 1 unspecified atom stereocenters. The van der Waals surface area contributed by atoms with Crippen LogP contribution in [0.5, 0.6) is 0 Å². The Bertz CT molecular complexity index is 1210. The van der Waals surface area contributed by atoms with Crippen molar-refractivity contribution in [2.45, 2.75) is 32.7 Å². The Balaban J connectivity index is 1.55. The molecular formula is C26H25N3O. The first-order valence-electron chi connectivity index (χ1n) is 10.5. The van der Waals surface area contributed by atoms with Crippen LogP contribution in [-0.2, 0) is 11.3 Å². The summed E-state index contributed by atoms with van der Waals surface area (Å²) >= 11 is 0. The molecule has 4 heteroatoms. The van der Waals surface area contributed by atoms with E-state index in [1.807, 2.05) is 23.1 Å². The van der Waals surface area contributed by atoms with Gasteiger partial charge in [0.2, 0.25) is 5.91 Å². The third-order valence-corrected chi connectivity index (χ3v) is 6.07. The zero-order valence-electron chi connectivity index (χ0n) is 17.4. The maximum atomic E-state index is 13.0. The summed E-state index contributed by atoms with van der Waals surface area (Å²) in [6.45, 7) is 5.58. The van der Waals surface area contributed by atoms with Crippen LogP contribution in [0.4, 0.5) is 5.69 Å². The number of rotatable bonds is 4. The summed E-state index contributed by atoms with van der Waals surface area (Å²) in [7, 11) is 0. The lowest BCUT2D eigenvalue weighted by atomic mass is 10.1. The number of hydrogen-bond donors (Lipinski definition) is 0. The van der Waals surface area contributed by atoms with Crippen LogP contribution in [0, 0.1) is 13.8 Å². The molecule has 1 aliphatic rings. The maximum Gasteiger partial charge on any atom is 0.227 e.